The summed E-state index contributed by atoms with van der Waals surface area (Å²) in [6.07, 6.45) is 2.33. The molecule has 0 spiro atoms. The number of nitrogens with zero attached hydrogens (tertiary/aromatic N) is 6. The van der Waals surface area contributed by atoms with Gasteiger partial charge in [-0.05, 0) is 18.2 Å². The Morgan fingerprint density at radius 1 is 1.40 bits per heavy atom. The summed E-state index contributed by atoms with van der Waals surface area (Å²) in [6.45, 7) is 0.626. The molecule has 0 unspecified atom stereocenters. The van der Waals surface area contributed by atoms with Crippen molar-refractivity contribution in [1.82, 2.24) is 24.3 Å². The molecule has 3 rings (SSSR count). The first-order valence-corrected chi connectivity index (χ1v) is 6.18. The van der Waals surface area contributed by atoms with Crippen molar-refractivity contribution in [2.24, 2.45) is 7.05 Å². The third kappa shape index (κ3) is 2.07. The number of nitriles is 1. The van der Waals surface area contributed by atoms with E-state index in [0.717, 1.165) is 16.9 Å². The maximum Gasteiger partial charge on any atom is 0.201 e. The van der Waals surface area contributed by atoms with Gasteiger partial charge in [-0.3, -0.25) is 4.68 Å². The molecule has 0 amide bonds. The summed E-state index contributed by atoms with van der Waals surface area (Å²) in [5.74, 6) is 1.19. The molecule has 7 heteroatoms. The molecule has 0 saturated heterocycles. The first-order valence-electron chi connectivity index (χ1n) is 6.18. The molecule has 2 aromatic heterocycles. The highest BCUT2D eigenvalue weighted by atomic mass is 15.3. The van der Waals surface area contributed by atoms with Gasteiger partial charge in [0.25, 0.3) is 0 Å². The van der Waals surface area contributed by atoms with E-state index >= 15 is 0 Å². The van der Waals surface area contributed by atoms with Gasteiger partial charge in [-0.15, -0.1) is 0 Å². The van der Waals surface area contributed by atoms with Crippen molar-refractivity contribution in [1.29, 1.82) is 5.26 Å². The molecule has 2 N–H and O–H groups in total. The molecule has 0 radical (unpaired) electrons. The van der Waals surface area contributed by atoms with E-state index in [1.807, 2.05) is 11.6 Å². The highest BCUT2D eigenvalue weighted by molar-refractivity contribution is 5.79. The lowest BCUT2D eigenvalue weighted by Crippen LogP contribution is -2.07. The average molecular weight is 267 g/mol. The average Bonchev–Trinajstić information content (AvgIpc) is 2.98. The maximum absolute atomic E-state index is 8.97. The molecule has 1 aromatic carbocycles. The number of imidazole rings is 1. The van der Waals surface area contributed by atoms with Gasteiger partial charge in [-0.2, -0.15) is 10.4 Å². The second-order valence-electron chi connectivity index (χ2n) is 4.52. The van der Waals surface area contributed by atoms with Crippen LogP contribution in [-0.2, 0) is 20.0 Å². The number of aromatic nitrogens is 5. The summed E-state index contributed by atoms with van der Waals surface area (Å²) < 4.78 is 3.55. The quantitative estimate of drug-likeness (QED) is 0.759. The van der Waals surface area contributed by atoms with Crippen molar-refractivity contribution in [2.75, 3.05) is 5.73 Å². The smallest absolute Gasteiger partial charge is 0.201 e. The van der Waals surface area contributed by atoms with Gasteiger partial charge in [0.1, 0.15) is 6.33 Å². The van der Waals surface area contributed by atoms with Crippen molar-refractivity contribution < 1.29 is 0 Å². The molecule has 7 nitrogen and oxygen atoms in total. The van der Waals surface area contributed by atoms with Gasteiger partial charge < -0.3 is 10.3 Å². The number of anilines is 1. The van der Waals surface area contributed by atoms with E-state index in [0.29, 0.717) is 24.5 Å². The van der Waals surface area contributed by atoms with Gasteiger partial charge in [0.05, 0.1) is 22.7 Å². The van der Waals surface area contributed by atoms with E-state index < -0.39 is 0 Å². The predicted octanol–water partition coefficient (Wildman–Crippen LogP) is 0.861. The van der Waals surface area contributed by atoms with Gasteiger partial charge in [0.2, 0.25) is 5.95 Å². The molecule has 0 aliphatic heterocycles. The van der Waals surface area contributed by atoms with E-state index in [-0.39, 0.29) is 0 Å². The second-order valence-corrected chi connectivity index (χ2v) is 4.52. The molecule has 0 aliphatic rings. The van der Waals surface area contributed by atoms with Crippen molar-refractivity contribution >= 4 is 17.0 Å². The van der Waals surface area contributed by atoms with E-state index in [1.165, 1.54) is 0 Å². The minimum atomic E-state index is 0.436. The Balaban J connectivity index is 1.94. The van der Waals surface area contributed by atoms with Crippen LogP contribution in [0.5, 0.6) is 0 Å². The van der Waals surface area contributed by atoms with Crippen LogP contribution >= 0.6 is 0 Å². The van der Waals surface area contributed by atoms with Crippen LogP contribution in [0.25, 0.3) is 11.0 Å². The number of fused-ring (bicyclic) bond motifs is 1. The van der Waals surface area contributed by atoms with Gasteiger partial charge in [0, 0.05) is 20.0 Å². The van der Waals surface area contributed by atoms with Gasteiger partial charge in [-0.1, -0.05) is 0 Å². The van der Waals surface area contributed by atoms with Crippen molar-refractivity contribution in [3.8, 4) is 6.07 Å². The van der Waals surface area contributed by atoms with Gasteiger partial charge >= 0.3 is 0 Å². The number of hydrogen-bond acceptors (Lipinski definition) is 5. The number of rotatable bonds is 3. The molecular weight excluding hydrogens is 254 g/mol. The zero-order valence-electron chi connectivity index (χ0n) is 11.0. The monoisotopic (exact) mass is 267 g/mol. The Morgan fingerprint density at radius 2 is 2.25 bits per heavy atom. The van der Waals surface area contributed by atoms with Gasteiger partial charge in [0.15, 0.2) is 5.82 Å². The molecule has 0 fully saturated rings. The van der Waals surface area contributed by atoms with Crippen LogP contribution in [0.2, 0.25) is 0 Å². The van der Waals surface area contributed by atoms with Crippen LogP contribution in [0.4, 0.5) is 5.95 Å². The fraction of sp³-hybridized carbons (Fsp3) is 0.231. The SMILES string of the molecule is Cn1cnc(CCn2c(N)nc3ccc(C#N)cc32)n1. The Labute approximate surface area is 115 Å². The molecule has 0 bridgehead atoms. The number of aryl methyl sites for hydroxylation is 3. The Morgan fingerprint density at radius 3 is 2.95 bits per heavy atom. The van der Waals surface area contributed by atoms with E-state index in [2.05, 4.69) is 21.1 Å². The largest absolute Gasteiger partial charge is 0.369 e. The predicted molar refractivity (Wildman–Crippen MR) is 73.6 cm³/mol. The van der Waals surface area contributed by atoms with Crippen LogP contribution in [0.1, 0.15) is 11.4 Å². The van der Waals surface area contributed by atoms with Crippen LogP contribution in [0.3, 0.4) is 0 Å². The van der Waals surface area contributed by atoms with Crippen molar-refractivity contribution in [3.05, 3.63) is 35.9 Å². The third-order valence-electron chi connectivity index (χ3n) is 3.11. The topological polar surface area (TPSA) is 98.3 Å². The van der Waals surface area contributed by atoms with E-state index in [4.69, 9.17) is 11.0 Å². The summed E-state index contributed by atoms with van der Waals surface area (Å²) in [5.41, 5.74) is 8.18. The lowest BCUT2D eigenvalue weighted by molar-refractivity contribution is 0.677. The summed E-state index contributed by atoms with van der Waals surface area (Å²) in [4.78, 5) is 8.47. The van der Waals surface area contributed by atoms with Crippen LogP contribution in [0, 0.1) is 11.3 Å². The zero-order chi connectivity index (χ0) is 14.1. The van der Waals surface area contributed by atoms with Gasteiger partial charge in [-0.25, -0.2) is 9.97 Å². The molecule has 2 heterocycles. The zero-order valence-corrected chi connectivity index (χ0v) is 11.0. The summed E-state index contributed by atoms with van der Waals surface area (Å²) in [7, 11) is 1.83. The summed E-state index contributed by atoms with van der Waals surface area (Å²) in [5, 5.41) is 13.2. The first-order chi connectivity index (χ1) is 9.67. The highest BCUT2D eigenvalue weighted by Gasteiger charge is 2.10. The Bertz CT molecular complexity index is 806. The Kier molecular flexibility index (Phi) is 2.84. The van der Waals surface area contributed by atoms with Crippen molar-refractivity contribution in [2.45, 2.75) is 13.0 Å². The van der Waals surface area contributed by atoms with E-state index in [9.17, 15) is 0 Å². The normalized spacial score (nSPS) is 10.8. The van der Waals surface area contributed by atoms with Crippen LogP contribution < -0.4 is 5.73 Å². The molecule has 100 valence electrons. The lowest BCUT2D eigenvalue weighted by atomic mass is 10.2. The summed E-state index contributed by atoms with van der Waals surface area (Å²) in [6, 6.07) is 7.46. The van der Waals surface area contributed by atoms with E-state index in [1.54, 1.807) is 29.2 Å². The molecule has 20 heavy (non-hydrogen) atoms. The van der Waals surface area contributed by atoms with Crippen molar-refractivity contribution in [3.63, 3.8) is 0 Å². The minimum Gasteiger partial charge on any atom is -0.369 e. The maximum atomic E-state index is 8.97. The van der Waals surface area contributed by atoms with Crippen LogP contribution in [0.15, 0.2) is 24.5 Å². The molecule has 0 aliphatic carbocycles. The minimum absolute atomic E-state index is 0.436. The third-order valence-corrected chi connectivity index (χ3v) is 3.11. The standard InChI is InChI=1S/C13H13N7/c1-19-8-16-12(18-19)4-5-20-11-6-9(7-14)2-3-10(11)17-13(20)15/h2-3,6,8H,4-5H2,1H3,(H2,15,17). The molecule has 0 atom stereocenters. The molecule has 3 aromatic rings. The number of hydrogen-bond donors (Lipinski definition) is 1. The van der Waals surface area contributed by atoms with Crippen LogP contribution in [-0.4, -0.2) is 24.3 Å². The fourth-order valence-electron chi connectivity index (χ4n) is 2.16. The molecular formula is C13H13N7. The second kappa shape index (κ2) is 4.66. The fourth-order valence-corrected chi connectivity index (χ4v) is 2.16. The highest BCUT2D eigenvalue weighted by Crippen LogP contribution is 2.19. The molecule has 0 saturated carbocycles. The lowest BCUT2D eigenvalue weighted by Gasteiger charge is -2.04. The first kappa shape index (κ1) is 12.2. The number of nitrogen functional groups attached to an aromatic ring is 1. The number of benzene rings is 1. The Hall–Kier alpha value is -2.88. The summed E-state index contributed by atoms with van der Waals surface area (Å²) >= 11 is 0. The number of nitrogens with two attached hydrogens (primary N) is 1.